The number of allylic oxidation sites excluding steroid dienone is 2. The van der Waals surface area contributed by atoms with E-state index in [4.69, 9.17) is 0 Å². The second-order valence-electron chi connectivity index (χ2n) is 4.53. The number of hydrogen-bond donors (Lipinski definition) is 2. The Bertz CT molecular complexity index is 461. The maximum atomic E-state index is 9.89. The van der Waals surface area contributed by atoms with Crippen molar-refractivity contribution in [3.05, 3.63) is 59.9 Å². The summed E-state index contributed by atoms with van der Waals surface area (Å²) in [5.74, 6) is 0.877. The molecule has 2 heteroatoms. The molecule has 1 aromatic carbocycles. The molecule has 1 saturated carbocycles. The van der Waals surface area contributed by atoms with Gasteiger partial charge in [0.2, 0.25) is 0 Å². The van der Waals surface area contributed by atoms with Gasteiger partial charge in [-0.2, -0.15) is 0 Å². The van der Waals surface area contributed by atoms with Crippen molar-refractivity contribution in [1.82, 2.24) is 0 Å². The Hall–Kier alpha value is -1.54. The van der Waals surface area contributed by atoms with Crippen LogP contribution in [0.4, 0.5) is 0 Å². The van der Waals surface area contributed by atoms with Gasteiger partial charge in [-0.3, -0.25) is 0 Å². The Labute approximate surface area is 94.5 Å². The summed E-state index contributed by atoms with van der Waals surface area (Å²) < 4.78 is 0. The molecule has 1 aromatic rings. The molecule has 82 valence electrons. The number of hydrogen-bond acceptors (Lipinski definition) is 2. The zero-order valence-corrected chi connectivity index (χ0v) is 8.88. The van der Waals surface area contributed by atoms with Crippen LogP contribution in [0.25, 0.3) is 0 Å². The lowest BCUT2D eigenvalue weighted by atomic mass is 10.0. The minimum absolute atomic E-state index is 0.122. The molecule has 4 unspecified atom stereocenters. The van der Waals surface area contributed by atoms with Crippen molar-refractivity contribution < 1.29 is 10.2 Å². The van der Waals surface area contributed by atoms with E-state index < -0.39 is 6.10 Å². The van der Waals surface area contributed by atoms with Crippen molar-refractivity contribution >= 4 is 0 Å². The van der Waals surface area contributed by atoms with Crippen LogP contribution in [-0.2, 0) is 0 Å². The van der Waals surface area contributed by atoms with E-state index in [-0.39, 0.29) is 17.6 Å². The van der Waals surface area contributed by atoms with Crippen LogP contribution in [0.3, 0.4) is 0 Å². The first-order chi connectivity index (χ1) is 7.75. The smallest absolute Gasteiger partial charge is 0.125 e. The summed E-state index contributed by atoms with van der Waals surface area (Å²) in [6.07, 6.45) is 0.967. The number of rotatable bonds is 2. The fourth-order valence-electron chi connectivity index (χ4n) is 3.00. The van der Waals surface area contributed by atoms with Gasteiger partial charge in [-0.25, -0.2) is 0 Å². The highest BCUT2D eigenvalue weighted by Gasteiger charge is 2.61. The van der Waals surface area contributed by atoms with E-state index in [1.165, 1.54) is 5.56 Å². The van der Waals surface area contributed by atoms with Gasteiger partial charge in [-0.15, -0.1) is 0 Å². The zero-order chi connectivity index (χ0) is 11.3. The molecule has 2 aliphatic rings. The predicted octanol–water partition coefficient (Wildman–Crippen LogP) is 2.39. The molecule has 0 saturated heterocycles. The maximum Gasteiger partial charge on any atom is 0.125 e. The molecule has 3 rings (SSSR count). The van der Waals surface area contributed by atoms with E-state index in [9.17, 15) is 10.2 Å². The molecule has 2 nitrogen and oxygen atoms in total. The molecule has 16 heavy (non-hydrogen) atoms. The highest BCUT2D eigenvalue weighted by atomic mass is 16.3. The third-order valence-corrected chi connectivity index (χ3v) is 3.78. The average molecular weight is 214 g/mol. The third kappa shape index (κ3) is 1.11. The molecule has 4 atom stereocenters. The molecule has 0 amide bonds. The van der Waals surface area contributed by atoms with Gasteiger partial charge in [0.1, 0.15) is 11.9 Å². The van der Waals surface area contributed by atoms with Crippen molar-refractivity contribution in [3.63, 3.8) is 0 Å². The van der Waals surface area contributed by atoms with Crippen LogP contribution in [0, 0.1) is 11.8 Å². The van der Waals surface area contributed by atoms with Crippen molar-refractivity contribution in [3.8, 4) is 0 Å². The van der Waals surface area contributed by atoms with Gasteiger partial charge < -0.3 is 10.2 Å². The fraction of sp³-hybridized carbons (Fsp3) is 0.286. The van der Waals surface area contributed by atoms with Crippen molar-refractivity contribution in [1.29, 1.82) is 0 Å². The normalized spacial score (nSPS) is 36.1. The molecule has 2 aliphatic carbocycles. The van der Waals surface area contributed by atoms with Gasteiger partial charge in [0.25, 0.3) is 0 Å². The van der Waals surface area contributed by atoms with Crippen LogP contribution < -0.4 is 0 Å². The van der Waals surface area contributed by atoms with Crippen LogP contribution in [-0.4, -0.2) is 16.3 Å². The second-order valence-corrected chi connectivity index (χ2v) is 4.53. The monoisotopic (exact) mass is 214 g/mol. The molecule has 1 fully saturated rings. The predicted molar refractivity (Wildman–Crippen MR) is 62.0 cm³/mol. The van der Waals surface area contributed by atoms with E-state index in [2.05, 4.69) is 18.7 Å². The van der Waals surface area contributed by atoms with E-state index in [1.54, 1.807) is 6.08 Å². The Kier molecular flexibility index (Phi) is 1.95. The minimum Gasteiger partial charge on any atom is -0.509 e. The first-order valence-corrected chi connectivity index (χ1v) is 5.54. The van der Waals surface area contributed by atoms with Crippen molar-refractivity contribution in [2.45, 2.75) is 12.0 Å². The summed E-state index contributed by atoms with van der Waals surface area (Å²) in [5.41, 5.74) is 2.06. The molecular formula is C14H14O2. The molecule has 0 radical (unpaired) electrons. The van der Waals surface area contributed by atoms with Gasteiger partial charge in [0.05, 0.1) is 0 Å². The Balaban J connectivity index is 1.94. The molecule has 0 spiro atoms. The number of benzene rings is 1. The van der Waals surface area contributed by atoms with Gasteiger partial charge in [0.15, 0.2) is 0 Å². The van der Waals surface area contributed by atoms with E-state index in [0.717, 1.165) is 5.57 Å². The molecule has 0 bridgehead atoms. The quantitative estimate of drug-likeness (QED) is 0.793. The Morgan fingerprint density at radius 2 is 1.81 bits per heavy atom. The second kappa shape index (κ2) is 3.22. The molecule has 0 heterocycles. The average Bonchev–Trinajstić information content (AvgIpc) is 2.99. The Morgan fingerprint density at radius 1 is 1.12 bits per heavy atom. The number of aliphatic hydroxyl groups is 2. The largest absolute Gasteiger partial charge is 0.509 e. The highest BCUT2D eigenvalue weighted by molar-refractivity contribution is 5.47. The van der Waals surface area contributed by atoms with Crippen LogP contribution in [0.15, 0.2) is 54.3 Å². The maximum absolute atomic E-state index is 9.89. The van der Waals surface area contributed by atoms with Gasteiger partial charge in [-0.05, 0) is 17.1 Å². The highest BCUT2D eigenvalue weighted by Crippen LogP contribution is 2.64. The third-order valence-electron chi connectivity index (χ3n) is 3.78. The standard InChI is InChI=1S/C14H14O2/c1-2-9-11-10(8-6-4-3-5-7-8)12(11)14(16)13(9)15/h2-7,10-12,14-16H,1H2. The fourth-order valence-corrected chi connectivity index (χ4v) is 3.00. The van der Waals surface area contributed by atoms with E-state index in [0.29, 0.717) is 5.92 Å². The first-order valence-electron chi connectivity index (χ1n) is 5.54. The number of aliphatic hydroxyl groups excluding tert-OH is 2. The van der Waals surface area contributed by atoms with E-state index >= 15 is 0 Å². The molecule has 0 aromatic heterocycles. The summed E-state index contributed by atoms with van der Waals surface area (Å²) >= 11 is 0. The van der Waals surface area contributed by atoms with E-state index in [1.807, 2.05) is 18.2 Å². The minimum atomic E-state index is -0.705. The number of fused-ring (bicyclic) bond motifs is 1. The van der Waals surface area contributed by atoms with Crippen LogP contribution >= 0.6 is 0 Å². The van der Waals surface area contributed by atoms with Crippen LogP contribution in [0.2, 0.25) is 0 Å². The summed E-state index contributed by atoms with van der Waals surface area (Å²) in [4.78, 5) is 0. The van der Waals surface area contributed by atoms with Crippen molar-refractivity contribution in [2.75, 3.05) is 0 Å². The Morgan fingerprint density at radius 3 is 2.44 bits per heavy atom. The zero-order valence-electron chi connectivity index (χ0n) is 8.88. The lowest BCUT2D eigenvalue weighted by Gasteiger charge is -2.10. The lowest BCUT2D eigenvalue weighted by molar-refractivity contribution is 0.138. The summed E-state index contributed by atoms with van der Waals surface area (Å²) in [5, 5.41) is 19.6. The SMILES string of the molecule is C=CC1=C(O)C(O)C2C1C2c1ccccc1. The summed E-state index contributed by atoms with van der Waals surface area (Å²) in [6, 6.07) is 10.2. The van der Waals surface area contributed by atoms with Crippen molar-refractivity contribution in [2.24, 2.45) is 11.8 Å². The van der Waals surface area contributed by atoms with Gasteiger partial charge in [-0.1, -0.05) is 43.0 Å². The van der Waals surface area contributed by atoms with Crippen LogP contribution in [0.1, 0.15) is 11.5 Å². The van der Waals surface area contributed by atoms with Gasteiger partial charge >= 0.3 is 0 Å². The van der Waals surface area contributed by atoms with Gasteiger partial charge in [0, 0.05) is 11.8 Å². The van der Waals surface area contributed by atoms with Crippen LogP contribution in [0.5, 0.6) is 0 Å². The summed E-state index contributed by atoms with van der Waals surface area (Å²) in [6.45, 7) is 3.70. The lowest BCUT2D eigenvalue weighted by Crippen LogP contribution is -2.12. The first kappa shape index (κ1) is 9.67. The molecular weight excluding hydrogens is 200 g/mol. The molecule has 0 aliphatic heterocycles. The molecule has 2 N–H and O–H groups in total. The summed E-state index contributed by atoms with van der Waals surface area (Å²) in [7, 11) is 0. The topological polar surface area (TPSA) is 40.5 Å².